The molecule has 6 heteroatoms. The van der Waals surface area contributed by atoms with Crippen molar-refractivity contribution in [2.24, 2.45) is 5.73 Å². The molecule has 0 aromatic heterocycles. The Labute approximate surface area is 124 Å². The van der Waals surface area contributed by atoms with Crippen LogP contribution in [0.15, 0.2) is 18.2 Å². The number of benzene rings is 1. The van der Waals surface area contributed by atoms with E-state index >= 15 is 0 Å². The lowest BCUT2D eigenvalue weighted by Gasteiger charge is -2.22. The van der Waals surface area contributed by atoms with E-state index in [1.165, 1.54) is 12.1 Å². The minimum Gasteiger partial charge on any atom is -0.354 e. The second-order valence-electron chi connectivity index (χ2n) is 4.95. The summed E-state index contributed by atoms with van der Waals surface area (Å²) in [5.74, 6) is -1.47. The smallest absolute Gasteiger partial charge is 0.239 e. The molecule has 0 aliphatic carbocycles. The first-order valence-electron chi connectivity index (χ1n) is 6.37. The van der Waals surface area contributed by atoms with Crippen LogP contribution in [0.25, 0.3) is 0 Å². The van der Waals surface area contributed by atoms with Crippen LogP contribution in [0, 0.1) is 11.6 Å². The topological polar surface area (TPSA) is 55.1 Å². The Morgan fingerprint density at radius 2 is 1.85 bits per heavy atom. The van der Waals surface area contributed by atoms with Gasteiger partial charge >= 0.3 is 0 Å². The van der Waals surface area contributed by atoms with Crippen LogP contribution in [0.2, 0.25) is 0 Å². The van der Waals surface area contributed by atoms with Gasteiger partial charge in [0.25, 0.3) is 0 Å². The Hall–Kier alpha value is -1.20. The Bertz CT molecular complexity index is 433. The molecule has 1 rings (SSSR count). The average molecular weight is 307 g/mol. The first-order chi connectivity index (χ1) is 8.85. The fourth-order valence-electron chi connectivity index (χ4n) is 1.91. The third-order valence-corrected chi connectivity index (χ3v) is 2.91. The Morgan fingerprint density at radius 1 is 1.30 bits per heavy atom. The second kappa shape index (κ2) is 8.17. The monoisotopic (exact) mass is 306 g/mol. The highest BCUT2D eigenvalue weighted by Gasteiger charge is 2.26. The van der Waals surface area contributed by atoms with Crippen LogP contribution in [0.4, 0.5) is 8.78 Å². The number of nitrogens with one attached hydrogen (secondary N) is 1. The van der Waals surface area contributed by atoms with Crippen LogP contribution >= 0.6 is 12.4 Å². The molecule has 0 aliphatic rings. The molecular weight excluding hydrogens is 286 g/mol. The van der Waals surface area contributed by atoms with Crippen molar-refractivity contribution in [1.82, 2.24) is 5.32 Å². The van der Waals surface area contributed by atoms with E-state index < -0.39 is 17.2 Å². The fraction of sp³-hybridized carbons (Fsp3) is 0.500. The maximum Gasteiger partial charge on any atom is 0.239 e. The number of amides is 1. The van der Waals surface area contributed by atoms with Crippen LogP contribution < -0.4 is 11.1 Å². The van der Waals surface area contributed by atoms with Gasteiger partial charge in [-0.1, -0.05) is 13.3 Å². The Kier molecular flexibility index (Phi) is 7.68. The molecule has 1 aromatic rings. The molecule has 1 aromatic carbocycles. The molecule has 1 unspecified atom stereocenters. The number of halogens is 3. The molecule has 0 saturated carbocycles. The van der Waals surface area contributed by atoms with Gasteiger partial charge in [-0.25, -0.2) is 8.78 Å². The van der Waals surface area contributed by atoms with Gasteiger partial charge in [-0.15, -0.1) is 12.4 Å². The molecular formula is C14H21ClF2N2O. The highest BCUT2D eigenvalue weighted by Crippen LogP contribution is 2.10. The van der Waals surface area contributed by atoms with Crippen molar-refractivity contribution in [3.63, 3.8) is 0 Å². The molecule has 0 aliphatic heterocycles. The molecule has 0 spiro atoms. The zero-order chi connectivity index (χ0) is 14.5. The van der Waals surface area contributed by atoms with Crippen LogP contribution in [0.1, 0.15) is 32.3 Å². The molecule has 0 radical (unpaired) electrons. The van der Waals surface area contributed by atoms with Crippen LogP contribution in [-0.4, -0.2) is 18.0 Å². The van der Waals surface area contributed by atoms with Gasteiger partial charge in [-0.3, -0.25) is 4.79 Å². The van der Waals surface area contributed by atoms with Gasteiger partial charge in [0, 0.05) is 12.6 Å². The molecule has 1 amide bonds. The van der Waals surface area contributed by atoms with Crippen molar-refractivity contribution >= 4 is 18.3 Å². The summed E-state index contributed by atoms with van der Waals surface area (Å²) in [5.41, 5.74) is 5.47. The van der Waals surface area contributed by atoms with E-state index in [4.69, 9.17) is 5.73 Å². The summed E-state index contributed by atoms with van der Waals surface area (Å²) in [6.07, 6.45) is 1.77. The van der Waals surface area contributed by atoms with Crippen molar-refractivity contribution in [3.8, 4) is 0 Å². The van der Waals surface area contributed by atoms with Crippen LogP contribution in [0.5, 0.6) is 0 Å². The van der Waals surface area contributed by atoms with Crippen molar-refractivity contribution < 1.29 is 13.6 Å². The van der Waals surface area contributed by atoms with Gasteiger partial charge in [0.15, 0.2) is 0 Å². The SMILES string of the molecule is CCCC(C)(N)C(=O)NCCc1cc(F)cc(F)c1.Cl. The Balaban J connectivity index is 0.00000361. The van der Waals surface area contributed by atoms with E-state index in [2.05, 4.69) is 5.32 Å². The maximum atomic E-state index is 13.0. The van der Waals surface area contributed by atoms with E-state index in [1.807, 2.05) is 6.92 Å². The normalized spacial score (nSPS) is 13.2. The van der Waals surface area contributed by atoms with Crippen molar-refractivity contribution in [2.45, 2.75) is 38.6 Å². The van der Waals surface area contributed by atoms with Crippen LogP contribution in [0.3, 0.4) is 0 Å². The standard InChI is InChI=1S/C14H20F2N2O.ClH/c1-3-5-14(2,17)13(19)18-6-4-10-7-11(15)9-12(16)8-10;/h7-9H,3-6,17H2,1-2H3,(H,18,19);1H. The van der Waals surface area contributed by atoms with E-state index in [0.717, 1.165) is 12.5 Å². The number of hydrogen-bond acceptors (Lipinski definition) is 2. The summed E-state index contributed by atoms with van der Waals surface area (Å²) in [7, 11) is 0. The summed E-state index contributed by atoms with van der Waals surface area (Å²) in [6, 6.07) is 3.33. The molecule has 0 heterocycles. The molecule has 1 atom stereocenters. The van der Waals surface area contributed by atoms with E-state index in [-0.39, 0.29) is 18.3 Å². The summed E-state index contributed by atoms with van der Waals surface area (Å²) in [6.45, 7) is 3.93. The minimum absolute atomic E-state index is 0. The van der Waals surface area contributed by atoms with Gasteiger partial charge in [0.1, 0.15) is 11.6 Å². The van der Waals surface area contributed by atoms with Gasteiger partial charge in [0.05, 0.1) is 5.54 Å². The van der Waals surface area contributed by atoms with Crippen molar-refractivity contribution in [2.75, 3.05) is 6.54 Å². The average Bonchev–Trinajstić information content (AvgIpc) is 2.27. The first-order valence-corrected chi connectivity index (χ1v) is 6.37. The lowest BCUT2D eigenvalue weighted by molar-refractivity contribution is -0.126. The highest BCUT2D eigenvalue weighted by molar-refractivity contribution is 5.85. The van der Waals surface area contributed by atoms with E-state index in [9.17, 15) is 13.6 Å². The summed E-state index contributed by atoms with van der Waals surface area (Å²) < 4.78 is 25.9. The first kappa shape index (κ1) is 18.8. The van der Waals surface area contributed by atoms with E-state index in [0.29, 0.717) is 24.9 Å². The number of carbonyl (C=O) groups excluding carboxylic acids is 1. The molecule has 3 nitrogen and oxygen atoms in total. The largest absolute Gasteiger partial charge is 0.354 e. The lowest BCUT2D eigenvalue weighted by Crippen LogP contribution is -2.51. The number of rotatable bonds is 6. The van der Waals surface area contributed by atoms with Gasteiger partial charge < -0.3 is 11.1 Å². The summed E-state index contributed by atoms with van der Waals surface area (Å²) >= 11 is 0. The summed E-state index contributed by atoms with van der Waals surface area (Å²) in [4.78, 5) is 11.8. The zero-order valence-corrected chi connectivity index (χ0v) is 12.5. The number of carbonyl (C=O) groups is 1. The summed E-state index contributed by atoms with van der Waals surface area (Å²) in [5, 5.41) is 2.69. The highest BCUT2D eigenvalue weighted by atomic mass is 35.5. The molecule has 114 valence electrons. The second-order valence-corrected chi connectivity index (χ2v) is 4.95. The quantitative estimate of drug-likeness (QED) is 0.848. The van der Waals surface area contributed by atoms with Gasteiger partial charge in [0.2, 0.25) is 5.91 Å². The third-order valence-electron chi connectivity index (χ3n) is 2.91. The van der Waals surface area contributed by atoms with Crippen molar-refractivity contribution in [1.29, 1.82) is 0 Å². The van der Waals surface area contributed by atoms with Crippen molar-refractivity contribution in [3.05, 3.63) is 35.4 Å². The van der Waals surface area contributed by atoms with Gasteiger partial charge in [-0.2, -0.15) is 0 Å². The molecule has 20 heavy (non-hydrogen) atoms. The molecule has 3 N–H and O–H groups in total. The number of nitrogens with two attached hydrogens (primary N) is 1. The Morgan fingerprint density at radius 3 is 2.35 bits per heavy atom. The van der Waals surface area contributed by atoms with Gasteiger partial charge in [-0.05, 0) is 37.5 Å². The molecule has 0 saturated heterocycles. The fourth-order valence-corrected chi connectivity index (χ4v) is 1.91. The van der Waals surface area contributed by atoms with Crippen LogP contribution in [-0.2, 0) is 11.2 Å². The third kappa shape index (κ3) is 5.84. The minimum atomic E-state index is -0.901. The molecule has 0 bridgehead atoms. The zero-order valence-electron chi connectivity index (χ0n) is 11.7. The predicted molar refractivity (Wildman–Crippen MR) is 77.8 cm³/mol. The number of hydrogen-bond donors (Lipinski definition) is 2. The lowest BCUT2D eigenvalue weighted by atomic mass is 9.96. The van der Waals surface area contributed by atoms with E-state index in [1.54, 1.807) is 6.92 Å². The molecule has 0 fully saturated rings. The predicted octanol–water partition coefficient (Wildman–Crippen LogP) is 2.56. The maximum absolute atomic E-state index is 13.0.